The van der Waals surface area contributed by atoms with Crippen LogP contribution in [0, 0.1) is 10.1 Å². The maximum absolute atomic E-state index is 11.0. The van der Waals surface area contributed by atoms with Crippen molar-refractivity contribution in [3.05, 3.63) is 82.2 Å². The molecule has 0 N–H and O–H groups in total. The molecule has 0 aliphatic heterocycles. The Morgan fingerprint density at radius 3 is 2.75 bits per heavy atom. The van der Waals surface area contributed by atoms with Crippen molar-refractivity contribution in [1.29, 1.82) is 0 Å². The van der Waals surface area contributed by atoms with E-state index in [4.69, 9.17) is 0 Å². The molecule has 0 saturated heterocycles. The molecule has 0 radical (unpaired) electrons. The zero-order chi connectivity index (χ0) is 13.9. The number of benzene rings is 2. The van der Waals surface area contributed by atoms with E-state index >= 15 is 0 Å². The number of nitrogens with zero attached hydrogens (tertiary/aromatic N) is 2. The lowest BCUT2D eigenvalue weighted by Gasteiger charge is -2.05. The monoisotopic (exact) mass is 264 g/mol. The Labute approximate surface area is 115 Å². The Morgan fingerprint density at radius 1 is 1.05 bits per heavy atom. The molecule has 0 aliphatic carbocycles. The quantitative estimate of drug-likeness (QED) is 0.535. The zero-order valence-electron chi connectivity index (χ0n) is 10.7. The molecule has 0 amide bonds. The van der Waals surface area contributed by atoms with Crippen molar-refractivity contribution in [3.63, 3.8) is 0 Å². The van der Waals surface area contributed by atoms with Gasteiger partial charge < -0.3 is 0 Å². The second kappa shape index (κ2) is 5.09. The molecule has 20 heavy (non-hydrogen) atoms. The van der Waals surface area contributed by atoms with Crippen molar-refractivity contribution < 1.29 is 4.92 Å². The molecule has 0 unspecified atom stereocenters. The van der Waals surface area contributed by atoms with Crippen LogP contribution in [0.15, 0.2) is 60.9 Å². The Balaban J connectivity index is 1.99. The molecular weight excluding hydrogens is 252 g/mol. The van der Waals surface area contributed by atoms with Crippen molar-refractivity contribution in [2.75, 3.05) is 0 Å². The highest BCUT2D eigenvalue weighted by Crippen LogP contribution is 2.23. The van der Waals surface area contributed by atoms with Crippen molar-refractivity contribution >= 4 is 16.5 Å². The minimum absolute atomic E-state index is 0.166. The zero-order valence-corrected chi connectivity index (χ0v) is 10.7. The van der Waals surface area contributed by atoms with Gasteiger partial charge >= 0.3 is 0 Å². The number of rotatable bonds is 3. The van der Waals surface area contributed by atoms with Crippen LogP contribution in [0.5, 0.6) is 0 Å². The van der Waals surface area contributed by atoms with E-state index in [1.165, 1.54) is 6.07 Å². The van der Waals surface area contributed by atoms with Crippen LogP contribution in [-0.4, -0.2) is 9.91 Å². The number of aromatic nitrogens is 1. The molecule has 0 saturated carbocycles. The van der Waals surface area contributed by atoms with Gasteiger partial charge in [0, 0.05) is 35.8 Å². The standard InChI is InChI=1S/C16H12N2O2/c19-18(20)16-4-2-1-3-14(16)9-12-5-6-13-7-8-17-11-15(13)10-12/h1-8,10-11H,9H2. The molecule has 3 aromatic rings. The number of nitro groups is 1. The molecule has 0 aliphatic rings. The smallest absolute Gasteiger partial charge is 0.264 e. The summed E-state index contributed by atoms with van der Waals surface area (Å²) >= 11 is 0. The first kappa shape index (κ1) is 12.3. The SMILES string of the molecule is O=[N+]([O-])c1ccccc1Cc1ccc2ccncc2c1. The Kier molecular flexibility index (Phi) is 3.13. The first-order chi connectivity index (χ1) is 9.74. The summed E-state index contributed by atoms with van der Waals surface area (Å²) in [5.41, 5.74) is 1.93. The first-order valence-corrected chi connectivity index (χ1v) is 6.29. The second-order valence-corrected chi connectivity index (χ2v) is 4.62. The molecule has 4 nitrogen and oxygen atoms in total. The fourth-order valence-corrected chi connectivity index (χ4v) is 2.30. The molecule has 0 spiro atoms. The highest BCUT2D eigenvalue weighted by Gasteiger charge is 2.12. The lowest BCUT2D eigenvalue weighted by Crippen LogP contribution is -1.96. The van der Waals surface area contributed by atoms with Gasteiger partial charge in [-0.25, -0.2) is 0 Å². The maximum Gasteiger partial charge on any atom is 0.272 e. The van der Waals surface area contributed by atoms with E-state index in [0.29, 0.717) is 6.42 Å². The molecule has 0 bridgehead atoms. The summed E-state index contributed by atoms with van der Waals surface area (Å²) in [6.07, 6.45) is 4.10. The fraction of sp³-hybridized carbons (Fsp3) is 0.0625. The predicted octanol–water partition coefficient (Wildman–Crippen LogP) is 3.73. The molecule has 1 aromatic heterocycles. The van der Waals surface area contributed by atoms with Crippen LogP contribution in [0.4, 0.5) is 5.69 Å². The summed E-state index contributed by atoms with van der Waals surface area (Å²) in [5.74, 6) is 0. The Hall–Kier alpha value is -2.75. The third-order valence-electron chi connectivity index (χ3n) is 3.29. The fourth-order valence-electron chi connectivity index (χ4n) is 2.30. The Morgan fingerprint density at radius 2 is 1.90 bits per heavy atom. The van der Waals surface area contributed by atoms with Gasteiger partial charge in [0.05, 0.1) is 4.92 Å². The van der Waals surface area contributed by atoms with Gasteiger partial charge in [0.15, 0.2) is 0 Å². The number of fused-ring (bicyclic) bond motifs is 1. The van der Waals surface area contributed by atoms with Gasteiger partial charge in [0.1, 0.15) is 0 Å². The second-order valence-electron chi connectivity index (χ2n) is 4.62. The maximum atomic E-state index is 11.0. The average Bonchev–Trinajstić information content (AvgIpc) is 2.47. The largest absolute Gasteiger partial charge is 0.272 e. The number of hydrogen-bond acceptors (Lipinski definition) is 3. The summed E-state index contributed by atoms with van der Waals surface area (Å²) in [6, 6.07) is 14.8. The number of pyridine rings is 1. The van der Waals surface area contributed by atoms with Gasteiger partial charge in [0.25, 0.3) is 5.69 Å². The number of nitro benzene ring substituents is 1. The van der Waals surface area contributed by atoms with Crippen LogP contribution < -0.4 is 0 Å². The number of hydrogen-bond donors (Lipinski definition) is 0. The topological polar surface area (TPSA) is 56.0 Å². The van der Waals surface area contributed by atoms with Crippen molar-refractivity contribution in [3.8, 4) is 0 Å². The van der Waals surface area contributed by atoms with Crippen LogP contribution in [0.2, 0.25) is 0 Å². The van der Waals surface area contributed by atoms with E-state index in [1.807, 2.05) is 30.3 Å². The lowest BCUT2D eigenvalue weighted by molar-refractivity contribution is -0.385. The third-order valence-corrected chi connectivity index (χ3v) is 3.29. The molecule has 4 heteroatoms. The normalized spacial score (nSPS) is 10.6. The molecule has 3 rings (SSSR count). The minimum atomic E-state index is -0.335. The van der Waals surface area contributed by atoms with Crippen LogP contribution in [0.3, 0.4) is 0 Å². The van der Waals surface area contributed by atoms with Gasteiger partial charge in [-0.1, -0.05) is 30.3 Å². The summed E-state index contributed by atoms with van der Waals surface area (Å²) in [5, 5.41) is 13.2. The van der Waals surface area contributed by atoms with Gasteiger partial charge in [0.2, 0.25) is 0 Å². The molecule has 1 heterocycles. The molecule has 2 aromatic carbocycles. The average molecular weight is 264 g/mol. The van der Waals surface area contributed by atoms with Gasteiger partial charge in [-0.2, -0.15) is 0 Å². The van der Waals surface area contributed by atoms with Crippen molar-refractivity contribution in [2.45, 2.75) is 6.42 Å². The van der Waals surface area contributed by atoms with E-state index in [2.05, 4.69) is 4.98 Å². The summed E-state index contributed by atoms with van der Waals surface area (Å²) in [4.78, 5) is 14.8. The third kappa shape index (κ3) is 2.36. The van der Waals surface area contributed by atoms with Gasteiger partial charge in [-0.3, -0.25) is 15.1 Å². The summed E-state index contributed by atoms with van der Waals surface area (Å²) in [6.45, 7) is 0. The first-order valence-electron chi connectivity index (χ1n) is 6.29. The summed E-state index contributed by atoms with van der Waals surface area (Å²) < 4.78 is 0. The van der Waals surface area contributed by atoms with Crippen LogP contribution in [0.25, 0.3) is 10.8 Å². The highest BCUT2D eigenvalue weighted by molar-refractivity contribution is 5.82. The van der Waals surface area contributed by atoms with Crippen molar-refractivity contribution in [2.24, 2.45) is 0 Å². The van der Waals surface area contributed by atoms with E-state index in [0.717, 1.165) is 21.9 Å². The lowest BCUT2D eigenvalue weighted by atomic mass is 10.0. The van der Waals surface area contributed by atoms with Crippen LogP contribution in [0.1, 0.15) is 11.1 Å². The Bertz CT molecular complexity index is 784. The van der Waals surface area contributed by atoms with Gasteiger partial charge in [-0.05, 0) is 23.1 Å². The summed E-state index contributed by atoms with van der Waals surface area (Å²) in [7, 11) is 0. The highest BCUT2D eigenvalue weighted by atomic mass is 16.6. The number of para-hydroxylation sites is 1. The molecule has 98 valence electrons. The van der Waals surface area contributed by atoms with E-state index in [9.17, 15) is 10.1 Å². The van der Waals surface area contributed by atoms with E-state index < -0.39 is 0 Å². The molecular formula is C16H12N2O2. The van der Waals surface area contributed by atoms with Crippen LogP contribution >= 0.6 is 0 Å². The minimum Gasteiger partial charge on any atom is -0.264 e. The van der Waals surface area contributed by atoms with E-state index in [1.54, 1.807) is 24.5 Å². The van der Waals surface area contributed by atoms with Crippen LogP contribution in [-0.2, 0) is 6.42 Å². The predicted molar refractivity (Wildman–Crippen MR) is 77.6 cm³/mol. The van der Waals surface area contributed by atoms with E-state index in [-0.39, 0.29) is 10.6 Å². The molecule has 0 fully saturated rings. The van der Waals surface area contributed by atoms with Gasteiger partial charge in [-0.15, -0.1) is 0 Å². The van der Waals surface area contributed by atoms with Crippen molar-refractivity contribution in [1.82, 2.24) is 4.98 Å². The molecule has 0 atom stereocenters.